The molecule has 0 radical (unpaired) electrons. The van der Waals surface area contributed by atoms with Crippen molar-refractivity contribution in [2.45, 2.75) is 38.0 Å². The summed E-state index contributed by atoms with van der Waals surface area (Å²) in [5, 5.41) is 2.55. The largest absolute Gasteiger partial charge is 0.399 e. The number of hydrogen-bond acceptors (Lipinski definition) is 2. The van der Waals surface area contributed by atoms with Gasteiger partial charge in [0.25, 0.3) is 0 Å². The molecule has 2 heteroatoms. The van der Waals surface area contributed by atoms with E-state index in [1.54, 1.807) is 0 Å². The maximum atomic E-state index is 5.96. The van der Waals surface area contributed by atoms with Crippen molar-refractivity contribution in [1.29, 1.82) is 0 Å². The SMILES string of the molecule is Nc1ccc([C@H]2CC=C(N(c3ccc(C4=CC[C@@H]([C@@H]5C=CC=CC5)C=C4)cc3)c3cccc4ccccc34)CC2)cc1. The first-order valence-corrected chi connectivity index (χ1v) is 15.4. The Kier molecular flexibility index (Phi) is 7.36. The zero-order valence-corrected chi connectivity index (χ0v) is 24.1. The second kappa shape index (κ2) is 11.7. The number of nitrogens with two attached hydrogens (primary N) is 1. The molecule has 0 amide bonds. The lowest BCUT2D eigenvalue weighted by molar-refractivity contribution is 0.478. The number of anilines is 3. The van der Waals surface area contributed by atoms with Crippen LogP contribution < -0.4 is 10.6 Å². The second-order valence-corrected chi connectivity index (χ2v) is 11.8. The average Bonchev–Trinajstić information content (AvgIpc) is 3.07. The molecule has 0 aliphatic heterocycles. The molecule has 2 nitrogen and oxygen atoms in total. The number of nitrogens with zero attached hydrogens (tertiary/aromatic N) is 1. The van der Waals surface area contributed by atoms with Crippen molar-refractivity contribution in [3.8, 4) is 0 Å². The van der Waals surface area contributed by atoms with E-state index in [1.807, 2.05) is 12.1 Å². The highest BCUT2D eigenvalue weighted by molar-refractivity contribution is 5.97. The maximum Gasteiger partial charge on any atom is 0.0536 e. The number of benzene rings is 4. The summed E-state index contributed by atoms with van der Waals surface area (Å²) < 4.78 is 0. The summed E-state index contributed by atoms with van der Waals surface area (Å²) in [6, 6.07) is 33.0. The normalized spacial score (nSPS) is 21.7. The molecular formula is C40H38N2. The molecule has 0 aromatic heterocycles. The molecule has 0 bridgehead atoms. The summed E-state index contributed by atoms with van der Waals surface area (Å²) in [7, 11) is 0. The lowest BCUT2D eigenvalue weighted by Crippen LogP contribution is -2.20. The lowest BCUT2D eigenvalue weighted by Gasteiger charge is -2.33. The van der Waals surface area contributed by atoms with Gasteiger partial charge in [-0.2, -0.15) is 0 Å². The fourth-order valence-electron chi connectivity index (χ4n) is 6.85. The number of allylic oxidation sites excluding steroid dienone is 10. The van der Waals surface area contributed by atoms with E-state index in [-0.39, 0.29) is 0 Å². The molecule has 42 heavy (non-hydrogen) atoms. The Balaban J connectivity index is 1.18. The number of fused-ring (bicyclic) bond motifs is 1. The zero-order valence-electron chi connectivity index (χ0n) is 24.1. The third kappa shape index (κ3) is 5.37. The van der Waals surface area contributed by atoms with Crippen LogP contribution in [-0.2, 0) is 0 Å². The van der Waals surface area contributed by atoms with Crippen molar-refractivity contribution in [3.63, 3.8) is 0 Å². The van der Waals surface area contributed by atoms with Gasteiger partial charge in [0, 0.05) is 22.5 Å². The molecule has 0 saturated carbocycles. The minimum atomic E-state index is 0.528. The molecular weight excluding hydrogens is 508 g/mol. The Morgan fingerprint density at radius 2 is 1.50 bits per heavy atom. The first-order valence-electron chi connectivity index (χ1n) is 15.4. The lowest BCUT2D eigenvalue weighted by atomic mass is 9.81. The molecule has 7 rings (SSSR count). The number of nitrogen functional groups attached to an aromatic ring is 1. The van der Waals surface area contributed by atoms with Crippen molar-refractivity contribution >= 4 is 33.4 Å². The first kappa shape index (κ1) is 26.3. The summed E-state index contributed by atoms with van der Waals surface area (Å²) in [5.74, 6) is 1.73. The summed E-state index contributed by atoms with van der Waals surface area (Å²) in [5.41, 5.74) is 14.6. The van der Waals surface area contributed by atoms with Crippen LogP contribution in [-0.4, -0.2) is 0 Å². The molecule has 0 unspecified atom stereocenters. The summed E-state index contributed by atoms with van der Waals surface area (Å²) in [6.45, 7) is 0. The van der Waals surface area contributed by atoms with E-state index < -0.39 is 0 Å². The minimum absolute atomic E-state index is 0.528. The highest BCUT2D eigenvalue weighted by atomic mass is 15.1. The zero-order chi connectivity index (χ0) is 28.3. The van der Waals surface area contributed by atoms with E-state index in [0.29, 0.717) is 17.8 Å². The van der Waals surface area contributed by atoms with Crippen LogP contribution in [0.1, 0.15) is 49.1 Å². The van der Waals surface area contributed by atoms with Gasteiger partial charge in [-0.15, -0.1) is 0 Å². The Morgan fingerprint density at radius 3 is 2.24 bits per heavy atom. The first-order chi connectivity index (χ1) is 20.7. The predicted molar refractivity (Wildman–Crippen MR) is 180 cm³/mol. The van der Waals surface area contributed by atoms with E-state index >= 15 is 0 Å². The van der Waals surface area contributed by atoms with Gasteiger partial charge in [0.2, 0.25) is 0 Å². The van der Waals surface area contributed by atoms with Crippen molar-refractivity contribution in [1.82, 2.24) is 0 Å². The Labute approximate surface area is 249 Å². The number of rotatable bonds is 6. The van der Waals surface area contributed by atoms with Crippen molar-refractivity contribution < 1.29 is 0 Å². The standard InChI is InChI=1S/C40H38N2/c41-36-23-17-32(18-24-36)34-21-27-38(28-22-34)42(40-12-6-10-35-9-4-5-11-39(35)40)37-25-19-33(20-26-37)31-15-13-30(14-16-31)29-7-2-1-3-8-29/h1-7,9-13,15-20,23-27,29-30,34H,8,14,21-22,28,41H2/t29-,30+,34+/m1/s1. The van der Waals surface area contributed by atoms with Gasteiger partial charge in [-0.1, -0.05) is 109 Å². The quantitative estimate of drug-likeness (QED) is 0.244. The van der Waals surface area contributed by atoms with E-state index in [0.717, 1.165) is 37.8 Å². The number of hydrogen-bond donors (Lipinski definition) is 1. The van der Waals surface area contributed by atoms with Crippen LogP contribution in [0.4, 0.5) is 17.1 Å². The third-order valence-electron chi connectivity index (χ3n) is 9.24. The van der Waals surface area contributed by atoms with Crippen LogP contribution in [0.5, 0.6) is 0 Å². The van der Waals surface area contributed by atoms with Gasteiger partial charge in [0.1, 0.15) is 0 Å². The molecule has 208 valence electrons. The van der Waals surface area contributed by atoms with Crippen molar-refractivity contribution in [2.75, 3.05) is 10.6 Å². The Morgan fingerprint density at radius 1 is 0.690 bits per heavy atom. The Hall–Kier alpha value is -4.56. The van der Waals surface area contributed by atoms with Crippen LogP contribution in [0.2, 0.25) is 0 Å². The summed E-state index contributed by atoms with van der Waals surface area (Å²) in [6.07, 6.45) is 24.1. The highest BCUT2D eigenvalue weighted by Crippen LogP contribution is 2.42. The van der Waals surface area contributed by atoms with Gasteiger partial charge in [0.05, 0.1) is 5.69 Å². The fourth-order valence-corrected chi connectivity index (χ4v) is 6.85. The second-order valence-electron chi connectivity index (χ2n) is 11.8. The predicted octanol–water partition coefficient (Wildman–Crippen LogP) is 10.5. The van der Waals surface area contributed by atoms with Crippen LogP contribution in [0.3, 0.4) is 0 Å². The Bertz CT molecular complexity index is 1710. The molecule has 4 aromatic carbocycles. The van der Waals surface area contributed by atoms with E-state index in [2.05, 4.69) is 132 Å². The van der Waals surface area contributed by atoms with Gasteiger partial charge in [-0.05, 0) is 102 Å². The molecule has 2 N–H and O–H groups in total. The average molecular weight is 547 g/mol. The van der Waals surface area contributed by atoms with Crippen molar-refractivity contribution in [2.24, 2.45) is 11.8 Å². The van der Waals surface area contributed by atoms with Gasteiger partial charge < -0.3 is 10.6 Å². The van der Waals surface area contributed by atoms with Crippen LogP contribution in [0.15, 0.2) is 145 Å². The molecule has 0 fully saturated rings. The molecule has 0 heterocycles. The minimum Gasteiger partial charge on any atom is -0.399 e. The van der Waals surface area contributed by atoms with Crippen molar-refractivity contribution in [3.05, 3.63) is 156 Å². The van der Waals surface area contributed by atoms with E-state index in [4.69, 9.17) is 5.73 Å². The molecule has 3 atom stereocenters. The van der Waals surface area contributed by atoms with Gasteiger partial charge in [-0.3, -0.25) is 0 Å². The topological polar surface area (TPSA) is 29.3 Å². The fraction of sp³-hybridized carbons (Fsp3) is 0.200. The molecule has 3 aliphatic carbocycles. The third-order valence-corrected chi connectivity index (χ3v) is 9.24. The highest BCUT2D eigenvalue weighted by Gasteiger charge is 2.24. The van der Waals surface area contributed by atoms with Crippen LogP contribution in [0.25, 0.3) is 16.3 Å². The van der Waals surface area contributed by atoms with Gasteiger partial charge in [-0.25, -0.2) is 0 Å². The monoisotopic (exact) mass is 546 g/mol. The van der Waals surface area contributed by atoms with Crippen LogP contribution in [0, 0.1) is 11.8 Å². The molecule has 0 spiro atoms. The van der Waals surface area contributed by atoms with Gasteiger partial charge in [0.15, 0.2) is 0 Å². The van der Waals surface area contributed by atoms with E-state index in [1.165, 1.54) is 44.5 Å². The van der Waals surface area contributed by atoms with Gasteiger partial charge >= 0.3 is 0 Å². The van der Waals surface area contributed by atoms with Crippen LogP contribution >= 0.6 is 0 Å². The van der Waals surface area contributed by atoms with E-state index in [9.17, 15) is 0 Å². The summed E-state index contributed by atoms with van der Waals surface area (Å²) in [4.78, 5) is 2.50. The summed E-state index contributed by atoms with van der Waals surface area (Å²) >= 11 is 0. The molecule has 3 aliphatic rings. The maximum absolute atomic E-state index is 5.96. The smallest absolute Gasteiger partial charge is 0.0536 e. The molecule has 4 aromatic rings. The molecule has 0 saturated heterocycles.